The lowest BCUT2D eigenvalue weighted by Crippen LogP contribution is -2.01. The summed E-state index contributed by atoms with van der Waals surface area (Å²) in [6.07, 6.45) is 0. The van der Waals surface area contributed by atoms with Crippen LogP contribution in [0.1, 0.15) is 5.56 Å². The first-order valence-electron chi connectivity index (χ1n) is 5.51. The van der Waals surface area contributed by atoms with Gasteiger partial charge < -0.3 is 10.1 Å². The van der Waals surface area contributed by atoms with Crippen LogP contribution in [-0.4, -0.2) is 7.11 Å². The molecule has 0 unspecified atom stereocenters. The van der Waals surface area contributed by atoms with Gasteiger partial charge in [0.15, 0.2) is 0 Å². The van der Waals surface area contributed by atoms with Gasteiger partial charge in [-0.1, -0.05) is 15.9 Å². The molecule has 2 aromatic rings. The van der Waals surface area contributed by atoms with Gasteiger partial charge >= 0.3 is 0 Å². The Kier molecular flexibility index (Phi) is 4.20. The molecular formula is C14H13BrFNO. The van der Waals surface area contributed by atoms with Crippen molar-refractivity contribution in [1.29, 1.82) is 0 Å². The molecule has 0 aliphatic carbocycles. The Morgan fingerprint density at radius 3 is 2.56 bits per heavy atom. The number of rotatable bonds is 4. The molecule has 94 valence electrons. The summed E-state index contributed by atoms with van der Waals surface area (Å²) in [7, 11) is 1.64. The molecule has 0 radical (unpaired) electrons. The molecule has 2 aromatic carbocycles. The molecule has 2 nitrogen and oxygen atoms in total. The Balaban J connectivity index is 2.09. The first kappa shape index (κ1) is 12.9. The van der Waals surface area contributed by atoms with Gasteiger partial charge in [-0.05, 0) is 42.5 Å². The quantitative estimate of drug-likeness (QED) is 0.913. The number of hydrogen-bond acceptors (Lipinski definition) is 2. The van der Waals surface area contributed by atoms with E-state index >= 15 is 0 Å². The number of hydrogen-bond donors (Lipinski definition) is 1. The van der Waals surface area contributed by atoms with Crippen LogP contribution in [0.25, 0.3) is 0 Å². The van der Waals surface area contributed by atoms with E-state index in [9.17, 15) is 4.39 Å². The summed E-state index contributed by atoms with van der Waals surface area (Å²) in [4.78, 5) is 0. The predicted molar refractivity (Wildman–Crippen MR) is 74.4 cm³/mol. The van der Waals surface area contributed by atoms with E-state index in [2.05, 4.69) is 21.2 Å². The van der Waals surface area contributed by atoms with Gasteiger partial charge in [0.2, 0.25) is 0 Å². The standard InChI is InChI=1S/C14H13BrFNO/c1-18-14-7-2-11(15)8-10(14)9-17-13-5-3-12(16)4-6-13/h2-8,17H,9H2,1H3. The van der Waals surface area contributed by atoms with Gasteiger partial charge in [0.25, 0.3) is 0 Å². The van der Waals surface area contributed by atoms with Crippen LogP contribution in [-0.2, 0) is 6.54 Å². The highest BCUT2D eigenvalue weighted by atomic mass is 79.9. The fourth-order valence-corrected chi connectivity index (χ4v) is 2.06. The first-order valence-corrected chi connectivity index (χ1v) is 6.30. The Morgan fingerprint density at radius 2 is 1.89 bits per heavy atom. The Bertz CT molecular complexity index is 528. The molecule has 0 bridgehead atoms. The second-order valence-electron chi connectivity index (χ2n) is 3.82. The highest BCUT2D eigenvalue weighted by Gasteiger charge is 2.03. The Labute approximate surface area is 114 Å². The molecule has 0 saturated heterocycles. The minimum absolute atomic E-state index is 0.236. The van der Waals surface area contributed by atoms with Crippen molar-refractivity contribution < 1.29 is 9.13 Å². The summed E-state index contributed by atoms with van der Waals surface area (Å²) >= 11 is 3.43. The molecule has 0 amide bonds. The largest absolute Gasteiger partial charge is 0.496 e. The van der Waals surface area contributed by atoms with Crippen LogP contribution in [0.4, 0.5) is 10.1 Å². The summed E-state index contributed by atoms with van der Waals surface area (Å²) in [6, 6.07) is 12.1. The second kappa shape index (κ2) is 5.87. The molecule has 4 heteroatoms. The molecule has 18 heavy (non-hydrogen) atoms. The van der Waals surface area contributed by atoms with Gasteiger partial charge in [-0.25, -0.2) is 4.39 Å². The number of ether oxygens (including phenoxy) is 1. The molecule has 0 aliphatic heterocycles. The van der Waals surface area contributed by atoms with Gasteiger partial charge in [-0.15, -0.1) is 0 Å². The smallest absolute Gasteiger partial charge is 0.123 e. The zero-order valence-electron chi connectivity index (χ0n) is 9.91. The summed E-state index contributed by atoms with van der Waals surface area (Å²) in [5, 5.41) is 3.22. The maximum Gasteiger partial charge on any atom is 0.123 e. The number of nitrogens with one attached hydrogen (secondary N) is 1. The van der Waals surface area contributed by atoms with Crippen molar-refractivity contribution in [3.8, 4) is 5.75 Å². The highest BCUT2D eigenvalue weighted by molar-refractivity contribution is 9.10. The molecule has 0 atom stereocenters. The van der Waals surface area contributed by atoms with Crippen LogP contribution >= 0.6 is 15.9 Å². The van der Waals surface area contributed by atoms with E-state index in [1.807, 2.05) is 18.2 Å². The highest BCUT2D eigenvalue weighted by Crippen LogP contribution is 2.23. The monoisotopic (exact) mass is 309 g/mol. The minimum atomic E-state index is -0.236. The minimum Gasteiger partial charge on any atom is -0.496 e. The van der Waals surface area contributed by atoms with E-state index in [0.717, 1.165) is 21.5 Å². The van der Waals surface area contributed by atoms with Crippen molar-refractivity contribution in [1.82, 2.24) is 0 Å². The average Bonchev–Trinajstić information content (AvgIpc) is 2.38. The lowest BCUT2D eigenvalue weighted by Gasteiger charge is -2.11. The van der Waals surface area contributed by atoms with Gasteiger partial charge in [0, 0.05) is 22.3 Å². The summed E-state index contributed by atoms with van der Waals surface area (Å²) in [5.74, 6) is 0.591. The van der Waals surface area contributed by atoms with Crippen molar-refractivity contribution in [2.75, 3.05) is 12.4 Å². The molecule has 0 saturated carbocycles. The number of methoxy groups -OCH3 is 1. The third-order valence-corrected chi connectivity index (χ3v) is 3.06. The maximum atomic E-state index is 12.8. The normalized spacial score (nSPS) is 10.2. The Morgan fingerprint density at radius 1 is 1.17 bits per heavy atom. The molecule has 0 fully saturated rings. The van der Waals surface area contributed by atoms with E-state index in [1.54, 1.807) is 19.2 Å². The molecule has 0 aliphatic rings. The van der Waals surface area contributed by atoms with Crippen LogP contribution in [0.15, 0.2) is 46.9 Å². The summed E-state index contributed by atoms with van der Waals surface area (Å²) in [6.45, 7) is 0.619. The number of benzene rings is 2. The maximum absolute atomic E-state index is 12.8. The number of anilines is 1. The van der Waals surface area contributed by atoms with Gasteiger partial charge in [-0.3, -0.25) is 0 Å². The fourth-order valence-electron chi connectivity index (χ4n) is 1.65. The number of halogens is 2. The predicted octanol–water partition coefficient (Wildman–Crippen LogP) is 4.21. The topological polar surface area (TPSA) is 21.3 Å². The van der Waals surface area contributed by atoms with E-state index in [0.29, 0.717) is 6.54 Å². The zero-order valence-corrected chi connectivity index (χ0v) is 11.5. The van der Waals surface area contributed by atoms with E-state index < -0.39 is 0 Å². The lowest BCUT2D eigenvalue weighted by molar-refractivity contribution is 0.410. The molecule has 0 heterocycles. The molecule has 2 rings (SSSR count). The third kappa shape index (κ3) is 3.23. The zero-order chi connectivity index (χ0) is 13.0. The van der Waals surface area contributed by atoms with Crippen LogP contribution in [0, 0.1) is 5.82 Å². The van der Waals surface area contributed by atoms with Crippen LogP contribution in [0.3, 0.4) is 0 Å². The second-order valence-corrected chi connectivity index (χ2v) is 4.73. The van der Waals surface area contributed by atoms with E-state index in [-0.39, 0.29) is 5.82 Å². The average molecular weight is 310 g/mol. The van der Waals surface area contributed by atoms with Crippen molar-refractivity contribution in [3.63, 3.8) is 0 Å². The summed E-state index contributed by atoms with van der Waals surface area (Å²) in [5.41, 5.74) is 1.91. The van der Waals surface area contributed by atoms with Crippen LogP contribution < -0.4 is 10.1 Å². The van der Waals surface area contributed by atoms with Crippen molar-refractivity contribution >= 4 is 21.6 Å². The van der Waals surface area contributed by atoms with Gasteiger partial charge in [-0.2, -0.15) is 0 Å². The SMILES string of the molecule is COc1ccc(Br)cc1CNc1ccc(F)cc1. The first-order chi connectivity index (χ1) is 8.69. The molecule has 0 spiro atoms. The van der Waals surface area contributed by atoms with E-state index in [1.165, 1.54) is 12.1 Å². The van der Waals surface area contributed by atoms with Crippen molar-refractivity contribution in [2.45, 2.75) is 6.54 Å². The molecule has 1 N–H and O–H groups in total. The van der Waals surface area contributed by atoms with Crippen molar-refractivity contribution in [3.05, 3.63) is 58.3 Å². The molecular weight excluding hydrogens is 297 g/mol. The lowest BCUT2D eigenvalue weighted by atomic mass is 10.2. The van der Waals surface area contributed by atoms with E-state index in [4.69, 9.17) is 4.74 Å². The van der Waals surface area contributed by atoms with Crippen LogP contribution in [0.5, 0.6) is 5.75 Å². The third-order valence-electron chi connectivity index (χ3n) is 2.57. The van der Waals surface area contributed by atoms with Gasteiger partial charge in [0.05, 0.1) is 7.11 Å². The fraction of sp³-hybridized carbons (Fsp3) is 0.143. The van der Waals surface area contributed by atoms with Crippen LogP contribution in [0.2, 0.25) is 0 Å². The molecule has 0 aromatic heterocycles. The summed E-state index contributed by atoms with van der Waals surface area (Å²) < 4.78 is 19.1. The Hall–Kier alpha value is -1.55. The van der Waals surface area contributed by atoms with Gasteiger partial charge in [0.1, 0.15) is 11.6 Å². The van der Waals surface area contributed by atoms with Crippen molar-refractivity contribution in [2.24, 2.45) is 0 Å².